The molecule has 2 nitrogen and oxygen atoms in total. The van der Waals surface area contributed by atoms with Crippen molar-refractivity contribution in [1.82, 2.24) is 4.90 Å². The van der Waals surface area contributed by atoms with Gasteiger partial charge < -0.3 is 9.64 Å². The molecule has 2 aliphatic rings. The zero-order valence-corrected chi connectivity index (χ0v) is 11.3. The molecule has 0 bridgehead atoms. The molecule has 0 N–H and O–H groups in total. The number of rotatable bonds is 3. The molecular weight excluding hydrogens is 218 g/mol. The summed E-state index contributed by atoms with van der Waals surface area (Å²) in [5.74, 6) is 1.90. The highest BCUT2D eigenvalue weighted by Crippen LogP contribution is 2.33. The first kappa shape index (κ1) is 12.7. The van der Waals surface area contributed by atoms with Crippen LogP contribution in [0.3, 0.4) is 0 Å². The molecule has 0 aromatic heterocycles. The number of thiol groups is 1. The van der Waals surface area contributed by atoms with E-state index in [1.807, 2.05) is 0 Å². The van der Waals surface area contributed by atoms with Gasteiger partial charge in [-0.15, -0.1) is 0 Å². The Balaban J connectivity index is 1.89. The Morgan fingerprint density at radius 1 is 1.38 bits per heavy atom. The molecule has 2 heterocycles. The average Bonchev–Trinajstić information content (AvgIpc) is 2.30. The molecule has 3 heteroatoms. The van der Waals surface area contributed by atoms with Crippen molar-refractivity contribution >= 4 is 12.6 Å². The molecule has 2 saturated heterocycles. The zero-order chi connectivity index (χ0) is 11.4. The third-order valence-corrected chi connectivity index (χ3v) is 4.86. The lowest BCUT2D eigenvalue weighted by Crippen LogP contribution is -2.46. The fourth-order valence-electron chi connectivity index (χ4n) is 3.08. The van der Waals surface area contributed by atoms with Crippen molar-refractivity contribution in [3.63, 3.8) is 0 Å². The number of likely N-dealkylation sites (tertiary alicyclic amines) is 1. The fraction of sp³-hybridized carbons (Fsp3) is 1.00. The van der Waals surface area contributed by atoms with Crippen molar-refractivity contribution in [3.8, 4) is 0 Å². The van der Waals surface area contributed by atoms with Gasteiger partial charge in [0.2, 0.25) is 0 Å². The van der Waals surface area contributed by atoms with Gasteiger partial charge >= 0.3 is 0 Å². The van der Waals surface area contributed by atoms with E-state index in [0.717, 1.165) is 24.9 Å². The summed E-state index contributed by atoms with van der Waals surface area (Å²) in [6.07, 6.45) is 5.18. The van der Waals surface area contributed by atoms with Gasteiger partial charge in [0, 0.05) is 26.3 Å². The average molecular weight is 243 g/mol. The second-order valence-corrected chi connectivity index (χ2v) is 6.07. The topological polar surface area (TPSA) is 12.5 Å². The Labute approximate surface area is 105 Å². The molecule has 0 radical (unpaired) electrons. The van der Waals surface area contributed by atoms with Gasteiger partial charge in [-0.05, 0) is 49.3 Å². The van der Waals surface area contributed by atoms with Crippen LogP contribution in [0.4, 0.5) is 0 Å². The quantitative estimate of drug-likeness (QED) is 0.764. The maximum absolute atomic E-state index is 5.48. The van der Waals surface area contributed by atoms with Crippen molar-refractivity contribution in [3.05, 3.63) is 0 Å². The summed E-state index contributed by atoms with van der Waals surface area (Å²) in [5, 5.41) is 0. The predicted molar refractivity (Wildman–Crippen MR) is 71.2 cm³/mol. The fourth-order valence-corrected chi connectivity index (χ4v) is 3.49. The summed E-state index contributed by atoms with van der Waals surface area (Å²) in [4.78, 5) is 2.66. The Morgan fingerprint density at radius 2 is 2.12 bits per heavy atom. The molecule has 94 valence electrons. The maximum Gasteiger partial charge on any atom is 0.0472 e. The number of ether oxygens (including phenoxy) is 1. The highest BCUT2D eigenvalue weighted by molar-refractivity contribution is 7.80. The second-order valence-electron chi connectivity index (χ2n) is 5.75. The monoisotopic (exact) mass is 243 g/mol. The van der Waals surface area contributed by atoms with E-state index in [2.05, 4.69) is 24.5 Å². The lowest BCUT2D eigenvalue weighted by molar-refractivity contribution is 0.00151. The van der Waals surface area contributed by atoms with Crippen molar-refractivity contribution in [2.24, 2.45) is 11.3 Å². The summed E-state index contributed by atoms with van der Waals surface area (Å²) < 4.78 is 5.48. The van der Waals surface area contributed by atoms with E-state index in [1.54, 1.807) is 0 Å². The number of hydrogen-bond donors (Lipinski definition) is 1. The maximum atomic E-state index is 5.48. The Morgan fingerprint density at radius 3 is 2.75 bits per heavy atom. The van der Waals surface area contributed by atoms with Gasteiger partial charge in [0.25, 0.3) is 0 Å². The normalized spacial score (nSPS) is 31.5. The molecule has 0 aromatic rings. The van der Waals surface area contributed by atoms with E-state index in [-0.39, 0.29) is 0 Å². The van der Waals surface area contributed by atoms with E-state index in [0.29, 0.717) is 5.41 Å². The van der Waals surface area contributed by atoms with Gasteiger partial charge in [0.15, 0.2) is 0 Å². The molecule has 0 saturated carbocycles. The molecule has 0 aliphatic carbocycles. The van der Waals surface area contributed by atoms with Crippen molar-refractivity contribution in [2.45, 2.75) is 32.6 Å². The summed E-state index contributed by atoms with van der Waals surface area (Å²) in [6.45, 7) is 8.07. The van der Waals surface area contributed by atoms with Crippen molar-refractivity contribution in [2.75, 3.05) is 38.6 Å². The number of nitrogens with zero attached hydrogens (tertiary/aromatic N) is 1. The van der Waals surface area contributed by atoms with Crippen LogP contribution in [0.15, 0.2) is 0 Å². The zero-order valence-electron chi connectivity index (χ0n) is 10.5. The highest BCUT2D eigenvalue weighted by Gasteiger charge is 2.34. The minimum atomic E-state index is 0.429. The largest absolute Gasteiger partial charge is 0.381 e. The van der Waals surface area contributed by atoms with Crippen LogP contribution in [0.2, 0.25) is 0 Å². The predicted octanol–water partition coefficient (Wildman–Crippen LogP) is 2.44. The van der Waals surface area contributed by atoms with Gasteiger partial charge in [-0.2, -0.15) is 12.6 Å². The van der Waals surface area contributed by atoms with E-state index in [9.17, 15) is 0 Å². The molecule has 16 heavy (non-hydrogen) atoms. The summed E-state index contributed by atoms with van der Waals surface area (Å²) in [6, 6.07) is 0. The van der Waals surface area contributed by atoms with Gasteiger partial charge in [-0.3, -0.25) is 0 Å². The first-order valence-corrected chi connectivity index (χ1v) is 7.28. The van der Waals surface area contributed by atoms with Crippen LogP contribution in [-0.2, 0) is 4.74 Å². The van der Waals surface area contributed by atoms with Crippen molar-refractivity contribution < 1.29 is 4.74 Å². The molecule has 0 spiro atoms. The number of hydrogen-bond acceptors (Lipinski definition) is 3. The van der Waals surface area contributed by atoms with E-state index >= 15 is 0 Å². The van der Waals surface area contributed by atoms with E-state index in [1.165, 1.54) is 45.3 Å². The molecule has 2 aliphatic heterocycles. The lowest BCUT2D eigenvalue weighted by Gasteiger charge is -2.42. The van der Waals surface area contributed by atoms with Gasteiger partial charge in [-0.1, -0.05) is 6.92 Å². The number of piperidine rings is 1. The molecule has 0 aromatic carbocycles. The Kier molecular flexibility index (Phi) is 4.57. The van der Waals surface area contributed by atoms with E-state index < -0.39 is 0 Å². The van der Waals surface area contributed by atoms with Crippen LogP contribution < -0.4 is 0 Å². The smallest absolute Gasteiger partial charge is 0.0472 e. The van der Waals surface area contributed by atoms with Crippen molar-refractivity contribution in [1.29, 1.82) is 0 Å². The van der Waals surface area contributed by atoms with Gasteiger partial charge in [0.05, 0.1) is 0 Å². The molecule has 1 atom stereocenters. The first-order valence-electron chi connectivity index (χ1n) is 6.65. The highest BCUT2D eigenvalue weighted by atomic mass is 32.1. The molecule has 1 unspecified atom stereocenters. The van der Waals surface area contributed by atoms with Crippen LogP contribution >= 0.6 is 12.6 Å². The Bertz CT molecular complexity index is 216. The van der Waals surface area contributed by atoms with Crippen LogP contribution in [0, 0.1) is 11.3 Å². The molecule has 0 amide bonds. The lowest BCUT2D eigenvalue weighted by atomic mass is 9.81. The first-order chi connectivity index (χ1) is 7.74. The van der Waals surface area contributed by atoms with Crippen LogP contribution in [0.1, 0.15) is 32.6 Å². The molecule has 2 fully saturated rings. The molecular formula is C13H25NOS. The van der Waals surface area contributed by atoms with Crippen LogP contribution in [0.25, 0.3) is 0 Å². The second kappa shape index (κ2) is 5.74. The minimum absolute atomic E-state index is 0.429. The SMILES string of the molecule is CC1CCCN(CC2(CS)CCOCC2)C1. The summed E-state index contributed by atoms with van der Waals surface area (Å²) in [7, 11) is 0. The summed E-state index contributed by atoms with van der Waals surface area (Å²) in [5.41, 5.74) is 0.429. The third-order valence-electron chi connectivity index (χ3n) is 4.19. The Hall–Kier alpha value is 0.270. The van der Waals surface area contributed by atoms with Gasteiger partial charge in [-0.25, -0.2) is 0 Å². The van der Waals surface area contributed by atoms with Crippen LogP contribution in [0.5, 0.6) is 0 Å². The van der Waals surface area contributed by atoms with Crippen LogP contribution in [-0.4, -0.2) is 43.5 Å². The standard InChI is InChI=1S/C13H25NOS/c1-12-3-2-6-14(9-12)10-13(11-16)4-7-15-8-5-13/h12,16H,2-11H2,1H3. The minimum Gasteiger partial charge on any atom is -0.381 e. The molecule has 2 rings (SSSR count). The third kappa shape index (κ3) is 3.14. The van der Waals surface area contributed by atoms with Gasteiger partial charge in [0.1, 0.15) is 0 Å². The van der Waals surface area contributed by atoms with E-state index in [4.69, 9.17) is 4.74 Å². The summed E-state index contributed by atoms with van der Waals surface area (Å²) >= 11 is 4.59.